The van der Waals surface area contributed by atoms with Crippen LogP contribution in [0.3, 0.4) is 0 Å². The van der Waals surface area contributed by atoms with Crippen LogP contribution in [0.2, 0.25) is 0 Å². The first-order valence-corrected chi connectivity index (χ1v) is 6.70. The van der Waals surface area contributed by atoms with Crippen LogP contribution in [0.5, 0.6) is 0 Å². The molecule has 0 aromatic carbocycles. The Balaban J connectivity index is 2.32. The first kappa shape index (κ1) is 13.0. The molecule has 90 valence electrons. The van der Waals surface area contributed by atoms with Crippen LogP contribution in [-0.4, -0.2) is 37.1 Å². The van der Waals surface area contributed by atoms with Gasteiger partial charge in [0, 0.05) is 6.04 Å². The molecule has 2 atom stereocenters. The van der Waals surface area contributed by atoms with Crippen LogP contribution in [0.15, 0.2) is 0 Å². The second kappa shape index (κ2) is 7.24. The third kappa shape index (κ3) is 4.52. The lowest BCUT2D eigenvalue weighted by Gasteiger charge is -2.32. The van der Waals surface area contributed by atoms with Crippen LogP contribution < -0.4 is 5.32 Å². The minimum absolute atomic E-state index is 0.738. The van der Waals surface area contributed by atoms with Crippen molar-refractivity contribution >= 4 is 0 Å². The number of hydrogen-bond acceptors (Lipinski definition) is 2. The SMILES string of the molecule is CCNCC(C)C(C)N1CCCCCC1. The van der Waals surface area contributed by atoms with Gasteiger partial charge in [0.25, 0.3) is 0 Å². The zero-order valence-corrected chi connectivity index (χ0v) is 10.8. The highest BCUT2D eigenvalue weighted by molar-refractivity contribution is 4.76. The number of likely N-dealkylation sites (tertiary alicyclic amines) is 1. The van der Waals surface area contributed by atoms with E-state index >= 15 is 0 Å². The third-order valence-corrected chi connectivity index (χ3v) is 3.76. The van der Waals surface area contributed by atoms with Crippen molar-refractivity contribution in [2.24, 2.45) is 5.92 Å². The Hall–Kier alpha value is -0.0800. The zero-order chi connectivity index (χ0) is 11.1. The van der Waals surface area contributed by atoms with Crippen LogP contribution >= 0.6 is 0 Å². The van der Waals surface area contributed by atoms with Gasteiger partial charge < -0.3 is 10.2 Å². The molecular weight excluding hydrogens is 184 g/mol. The molecular formula is C13H28N2. The van der Waals surface area contributed by atoms with E-state index in [1.807, 2.05) is 0 Å². The van der Waals surface area contributed by atoms with Gasteiger partial charge >= 0.3 is 0 Å². The first-order chi connectivity index (χ1) is 7.25. The molecule has 0 amide bonds. The van der Waals surface area contributed by atoms with Crippen molar-refractivity contribution in [1.82, 2.24) is 10.2 Å². The fraction of sp³-hybridized carbons (Fsp3) is 1.00. The van der Waals surface area contributed by atoms with Gasteiger partial charge in [-0.2, -0.15) is 0 Å². The minimum Gasteiger partial charge on any atom is -0.317 e. The van der Waals surface area contributed by atoms with Crippen LogP contribution in [0.25, 0.3) is 0 Å². The standard InChI is InChI=1S/C13H28N2/c1-4-14-11-12(2)13(3)15-9-7-5-6-8-10-15/h12-14H,4-11H2,1-3H3. The maximum Gasteiger partial charge on any atom is 0.0105 e. The summed E-state index contributed by atoms with van der Waals surface area (Å²) in [6.07, 6.45) is 5.67. The van der Waals surface area contributed by atoms with Crippen molar-refractivity contribution in [2.75, 3.05) is 26.2 Å². The number of nitrogens with one attached hydrogen (secondary N) is 1. The van der Waals surface area contributed by atoms with Gasteiger partial charge in [-0.05, 0) is 51.9 Å². The summed E-state index contributed by atoms with van der Waals surface area (Å²) < 4.78 is 0. The van der Waals surface area contributed by atoms with Crippen LogP contribution in [0.1, 0.15) is 46.5 Å². The highest BCUT2D eigenvalue weighted by Gasteiger charge is 2.20. The van der Waals surface area contributed by atoms with E-state index < -0.39 is 0 Å². The second-order valence-corrected chi connectivity index (χ2v) is 4.98. The Bertz CT molecular complexity index is 151. The van der Waals surface area contributed by atoms with Crippen molar-refractivity contribution in [2.45, 2.75) is 52.5 Å². The molecule has 0 saturated carbocycles. The molecule has 15 heavy (non-hydrogen) atoms. The van der Waals surface area contributed by atoms with Gasteiger partial charge in [-0.25, -0.2) is 0 Å². The van der Waals surface area contributed by atoms with Crippen molar-refractivity contribution in [3.63, 3.8) is 0 Å². The molecule has 1 N–H and O–H groups in total. The quantitative estimate of drug-likeness (QED) is 0.753. The molecule has 0 aliphatic carbocycles. The number of hydrogen-bond donors (Lipinski definition) is 1. The molecule has 1 rings (SSSR count). The van der Waals surface area contributed by atoms with Crippen molar-refractivity contribution < 1.29 is 0 Å². The third-order valence-electron chi connectivity index (χ3n) is 3.76. The maximum absolute atomic E-state index is 3.46. The monoisotopic (exact) mass is 212 g/mol. The Kier molecular flexibility index (Phi) is 6.26. The fourth-order valence-electron chi connectivity index (χ4n) is 2.40. The van der Waals surface area contributed by atoms with Crippen LogP contribution in [-0.2, 0) is 0 Å². The summed E-state index contributed by atoms with van der Waals surface area (Å²) in [7, 11) is 0. The van der Waals surface area contributed by atoms with E-state index in [1.54, 1.807) is 0 Å². The largest absolute Gasteiger partial charge is 0.317 e. The molecule has 0 bridgehead atoms. The minimum atomic E-state index is 0.738. The van der Waals surface area contributed by atoms with E-state index in [9.17, 15) is 0 Å². The molecule has 0 spiro atoms. The lowest BCUT2D eigenvalue weighted by atomic mass is 10.0. The van der Waals surface area contributed by atoms with Gasteiger partial charge in [-0.1, -0.05) is 26.7 Å². The second-order valence-electron chi connectivity index (χ2n) is 4.98. The topological polar surface area (TPSA) is 15.3 Å². The molecule has 1 aliphatic heterocycles. The highest BCUT2D eigenvalue weighted by Crippen LogP contribution is 2.16. The Labute approximate surface area is 95.4 Å². The van der Waals surface area contributed by atoms with Gasteiger partial charge in [-0.15, -0.1) is 0 Å². The molecule has 2 heteroatoms. The van der Waals surface area contributed by atoms with E-state index in [0.29, 0.717) is 0 Å². The Morgan fingerprint density at radius 2 is 1.67 bits per heavy atom. The lowest BCUT2D eigenvalue weighted by Crippen LogP contribution is -2.41. The molecule has 0 aromatic heterocycles. The number of nitrogens with zero attached hydrogens (tertiary/aromatic N) is 1. The molecule has 1 saturated heterocycles. The molecule has 1 aliphatic rings. The normalized spacial score (nSPS) is 23.4. The van der Waals surface area contributed by atoms with Crippen molar-refractivity contribution in [3.8, 4) is 0 Å². The summed E-state index contributed by atoms with van der Waals surface area (Å²) in [6, 6.07) is 0.738. The summed E-state index contributed by atoms with van der Waals surface area (Å²) in [4.78, 5) is 2.69. The van der Waals surface area contributed by atoms with E-state index in [1.165, 1.54) is 38.8 Å². The number of rotatable bonds is 5. The predicted octanol–water partition coefficient (Wildman–Crippen LogP) is 2.50. The van der Waals surface area contributed by atoms with Gasteiger partial charge in [0.1, 0.15) is 0 Å². The smallest absolute Gasteiger partial charge is 0.0105 e. The summed E-state index contributed by atoms with van der Waals surface area (Å²) in [6.45, 7) is 11.8. The molecule has 2 unspecified atom stereocenters. The first-order valence-electron chi connectivity index (χ1n) is 6.70. The Morgan fingerprint density at radius 3 is 2.20 bits per heavy atom. The molecule has 0 radical (unpaired) electrons. The van der Waals surface area contributed by atoms with Crippen molar-refractivity contribution in [1.29, 1.82) is 0 Å². The van der Waals surface area contributed by atoms with E-state index in [2.05, 4.69) is 31.0 Å². The summed E-state index contributed by atoms with van der Waals surface area (Å²) in [5.41, 5.74) is 0. The highest BCUT2D eigenvalue weighted by atomic mass is 15.2. The average Bonchev–Trinajstić information content (AvgIpc) is 2.53. The van der Waals surface area contributed by atoms with Crippen molar-refractivity contribution in [3.05, 3.63) is 0 Å². The Morgan fingerprint density at radius 1 is 1.07 bits per heavy atom. The van der Waals surface area contributed by atoms with E-state index in [0.717, 1.165) is 25.0 Å². The van der Waals surface area contributed by atoms with Gasteiger partial charge in [-0.3, -0.25) is 0 Å². The molecule has 1 fully saturated rings. The van der Waals surface area contributed by atoms with Gasteiger partial charge in [0.05, 0.1) is 0 Å². The van der Waals surface area contributed by atoms with Gasteiger partial charge in [0.15, 0.2) is 0 Å². The lowest BCUT2D eigenvalue weighted by molar-refractivity contribution is 0.165. The molecule has 1 heterocycles. The summed E-state index contributed by atoms with van der Waals surface area (Å²) >= 11 is 0. The van der Waals surface area contributed by atoms with E-state index in [4.69, 9.17) is 0 Å². The van der Waals surface area contributed by atoms with Gasteiger partial charge in [0.2, 0.25) is 0 Å². The molecule has 2 nitrogen and oxygen atoms in total. The average molecular weight is 212 g/mol. The maximum atomic E-state index is 3.46. The zero-order valence-electron chi connectivity index (χ0n) is 10.8. The van der Waals surface area contributed by atoms with E-state index in [-0.39, 0.29) is 0 Å². The van der Waals surface area contributed by atoms with Crippen LogP contribution in [0, 0.1) is 5.92 Å². The summed E-state index contributed by atoms with van der Waals surface area (Å²) in [5, 5.41) is 3.46. The predicted molar refractivity (Wildman–Crippen MR) is 67.2 cm³/mol. The van der Waals surface area contributed by atoms with Crippen LogP contribution in [0.4, 0.5) is 0 Å². The molecule has 0 aromatic rings. The fourth-order valence-corrected chi connectivity index (χ4v) is 2.40. The summed E-state index contributed by atoms with van der Waals surface area (Å²) in [5.74, 6) is 0.767.